The molecule has 5 rings (SSSR count). The summed E-state index contributed by atoms with van der Waals surface area (Å²) in [4.78, 5) is 46.5. The van der Waals surface area contributed by atoms with E-state index in [2.05, 4.69) is 17.1 Å². The second-order valence-corrected chi connectivity index (χ2v) is 11.6. The highest BCUT2D eigenvalue weighted by Crippen LogP contribution is 2.31. The van der Waals surface area contributed by atoms with Crippen LogP contribution in [0, 0.1) is 5.92 Å². The van der Waals surface area contributed by atoms with Crippen LogP contribution >= 0.6 is 0 Å². The van der Waals surface area contributed by atoms with Crippen LogP contribution in [0.5, 0.6) is 0 Å². The molecule has 1 aliphatic carbocycles. The Labute approximate surface area is 238 Å². The van der Waals surface area contributed by atoms with Gasteiger partial charge in [-0.05, 0) is 68.7 Å². The third-order valence-corrected chi connectivity index (χ3v) is 8.92. The molecule has 2 aromatic rings. The predicted molar refractivity (Wildman–Crippen MR) is 160 cm³/mol. The molecule has 2 saturated heterocycles. The molecule has 2 aromatic carbocycles. The van der Waals surface area contributed by atoms with Gasteiger partial charge in [0, 0.05) is 56.6 Å². The zero-order valence-electron chi connectivity index (χ0n) is 23.9. The van der Waals surface area contributed by atoms with Crippen molar-refractivity contribution in [3.8, 4) is 0 Å². The van der Waals surface area contributed by atoms with E-state index in [9.17, 15) is 14.4 Å². The lowest BCUT2D eigenvalue weighted by atomic mass is 9.95. The number of hydrogen-bond donors (Lipinski definition) is 1. The maximum atomic E-state index is 13.8. The summed E-state index contributed by atoms with van der Waals surface area (Å²) in [5.41, 5.74) is 3.32. The van der Waals surface area contributed by atoms with Gasteiger partial charge in [-0.15, -0.1) is 0 Å². The monoisotopic (exact) mass is 544 g/mol. The van der Waals surface area contributed by atoms with E-state index in [0.29, 0.717) is 30.9 Å². The lowest BCUT2D eigenvalue weighted by molar-refractivity contribution is -0.132. The minimum absolute atomic E-state index is 0.0407. The largest absolute Gasteiger partial charge is 0.369 e. The van der Waals surface area contributed by atoms with Gasteiger partial charge in [0.25, 0.3) is 5.91 Å². The molecule has 0 aromatic heterocycles. The van der Waals surface area contributed by atoms with E-state index < -0.39 is 0 Å². The number of nitrogens with zero attached hydrogens (tertiary/aromatic N) is 3. The fourth-order valence-corrected chi connectivity index (χ4v) is 6.60. The topological polar surface area (TPSA) is 73.0 Å². The third kappa shape index (κ3) is 6.51. The van der Waals surface area contributed by atoms with Crippen molar-refractivity contribution in [3.63, 3.8) is 0 Å². The molecule has 0 bridgehead atoms. The first kappa shape index (κ1) is 28.2. The number of likely N-dealkylation sites (tertiary alicyclic amines) is 1. The SMILES string of the molecule is CC[C@H](C(=O)N1CCCN(c2ccc(NC(=O)C3CCCC3)cc2C(=O)N2CCCCC2)CC1)c1ccccc1. The van der Waals surface area contributed by atoms with Crippen LogP contribution in [0.4, 0.5) is 11.4 Å². The second-order valence-electron chi connectivity index (χ2n) is 11.6. The molecule has 1 saturated carbocycles. The Morgan fingerprint density at radius 1 is 0.800 bits per heavy atom. The fourth-order valence-electron chi connectivity index (χ4n) is 6.60. The third-order valence-electron chi connectivity index (χ3n) is 8.92. The molecule has 214 valence electrons. The molecule has 1 N–H and O–H groups in total. The summed E-state index contributed by atoms with van der Waals surface area (Å²) >= 11 is 0. The van der Waals surface area contributed by atoms with Gasteiger partial charge in [0.15, 0.2) is 0 Å². The Bertz CT molecular complexity index is 1170. The summed E-state index contributed by atoms with van der Waals surface area (Å²) in [6.45, 7) is 6.41. The fraction of sp³-hybridized carbons (Fsp3) is 0.545. The summed E-state index contributed by atoms with van der Waals surface area (Å²) in [5, 5.41) is 3.10. The van der Waals surface area contributed by atoms with Gasteiger partial charge in [-0.1, -0.05) is 50.1 Å². The zero-order valence-corrected chi connectivity index (χ0v) is 23.9. The van der Waals surface area contributed by atoms with Gasteiger partial charge in [0.05, 0.1) is 11.5 Å². The Morgan fingerprint density at radius 3 is 2.25 bits per heavy atom. The number of anilines is 2. The summed E-state index contributed by atoms with van der Waals surface area (Å²) < 4.78 is 0. The molecule has 1 atom stereocenters. The van der Waals surface area contributed by atoms with E-state index in [1.165, 1.54) is 0 Å². The molecule has 3 fully saturated rings. The van der Waals surface area contributed by atoms with Crippen LogP contribution < -0.4 is 10.2 Å². The molecule has 2 aliphatic heterocycles. The molecule has 2 heterocycles. The maximum absolute atomic E-state index is 13.8. The molecular formula is C33H44N4O3. The number of rotatable bonds is 7. The highest BCUT2D eigenvalue weighted by Gasteiger charge is 2.29. The molecule has 7 nitrogen and oxygen atoms in total. The lowest BCUT2D eigenvalue weighted by Gasteiger charge is -2.31. The van der Waals surface area contributed by atoms with E-state index in [4.69, 9.17) is 0 Å². The van der Waals surface area contributed by atoms with Crippen LogP contribution in [-0.4, -0.2) is 66.8 Å². The quantitative estimate of drug-likeness (QED) is 0.487. The van der Waals surface area contributed by atoms with Gasteiger partial charge in [0.2, 0.25) is 11.8 Å². The van der Waals surface area contributed by atoms with Gasteiger partial charge >= 0.3 is 0 Å². The van der Waals surface area contributed by atoms with Gasteiger partial charge in [-0.3, -0.25) is 14.4 Å². The van der Waals surface area contributed by atoms with Crippen molar-refractivity contribution in [1.82, 2.24) is 9.80 Å². The lowest BCUT2D eigenvalue weighted by Crippen LogP contribution is -2.39. The van der Waals surface area contributed by atoms with E-state index in [1.54, 1.807) is 0 Å². The summed E-state index contributed by atoms with van der Waals surface area (Å²) in [6, 6.07) is 15.9. The van der Waals surface area contributed by atoms with Gasteiger partial charge in [0.1, 0.15) is 0 Å². The van der Waals surface area contributed by atoms with Crippen molar-refractivity contribution in [3.05, 3.63) is 59.7 Å². The minimum atomic E-state index is -0.133. The van der Waals surface area contributed by atoms with E-state index in [-0.39, 0.29) is 29.6 Å². The van der Waals surface area contributed by atoms with Gasteiger partial charge in [-0.2, -0.15) is 0 Å². The Balaban J connectivity index is 1.34. The summed E-state index contributed by atoms with van der Waals surface area (Å²) in [6.07, 6.45) is 8.92. The number of amides is 3. The predicted octanol–water partition coefficient (Wildman–Crippen LogP) is 5.67. The molecule has 40 heavy (non-hydrogen) atoms. The number of carbonyl (C=O) groups excluding carboxylic acids is 3. The summed E-state index contributed by atoms with van der Waals surface area (Å²) in [7, 11) is 0. The van der Waals surface area contributed by atoms with Crippen LogP contribution in [0.25, 0.3) is 0 Å². The highest BCUT2D eigenvalue weighted by atomic mass is 16.2. The standard InChI is InChI=1S/C33H44N4O3/c1-2-28(25-12-5-3-6-13-25)32(39)37-21-11-20-35(22-23-37)30-17-16-27(34-31(38)26-14-7-8-15-26)24-29(30)33(40)36-18-9-4-10-19-36/h3,5-6,12-13,16-17,24,26,28H,2,4,7-11,14-15,18-23H2,1H3,(H,34,38)/t28-/m0/s1. The first-order chi connectivity index (χ1) is 19.5. The van der Waals surface area contributed by atoms with E-state index in [1.807, 2.05) is 58.3 Å². The molecule has 7 heteroatoms. The molecule has 0 unspecified atom stereocenters. The van der Waals surface area contributed by atoms with Crippen molar-refractivity contribution in [1.29, 1.82) is 0 Å². The van der Waals surface area contributed by atoms with Crippen LogP contribution in [0.3, 0.4) is 0 Å². The van der Waals surface area contributed by atoms with Crippen molar-refractivity contribution < 1.29 is 14.4 Å². The highest BCUT2D eigenvalue weighted by molar-refractivity contribution is 6.02. The Kier molecular flexibility index (Phi) is 9.40. The molecular weight excluding hydrogens is 500 g/mol. The van der Waals surface area contributed by atoms with E-state index in [0.717, 1.165) is 88.7 Å². The average Bonchev–Trinajstić information content (AvgIpc) is 3.43. The van der Waals surface area contributed by atoms with Crippen molar-refractivity contribution in [2.45, 2.75) is 70.6 Å². The van der Waals surface area contributed by atoms with Gasteiger partial charge in [-0.25, -0.2) is 0 Å². The first-order valence-corrected chi connectivity index (χ1v) is 15.4. The van der Waals surface area contributed by atoms with Crippen LogP contribution in [0.15, 0.2) is 48.5 Å². The molecule has 3 amide bonds. The molecule has 3 aliphatic rings. The van der Waals surface area contributed by atoms with Gasteiger partial charge < -0.3 is 20.0 Å². The summed E-state index contributed by atoms with van der Waals surface area (Å²) in [5.74, 6) is 0.225. The molecule has 0 spiro atoms. The van der Waals surface area contributed by atoms with Crippen molar-refractivity contribution in [2.75, 3.05) is 49.5 Å². The van der Waals surface area contributed by atoms with Crippen LogP contribution in [0.1, 0.15) is 86.6 Å². The average molecular weight is 545 g/mol. The number of piperidine rings is 1. The number of hydrogen-bond acceptors (Lipinski definition) is 4. The van der Waals surface area contributed by atoms with Crippen molar-refractivity contribution in [2.24, 2.45) is 5.92 Å². The van der Waals surface area contributed by atoms with E-state index >= 15 is 0 Å². The molecule has 0 radical (unpaired) electrons. The Morgan fingerprint density at radius 2 is 1.52 bits per heavy atom. The zero-order chi connectivity index (χ0) is 27.9. The van der Waals surface area contributed by atoms with Crippen LogP contribution in [-0.2, 0) is 9.59 Å². The van der Waals surface area contributed by atoms with Crippen molar-refractivity contribution >= 4 is 29.1 Å². The maximum Gasteiger partial charge on any atom is 0.256 e. The number of nitrogens with one attached hydrogen (secondary N) is 1. The number of benzene rings is 2. The number of carbonyl (C=O) groups is 3. The second kappa shape index (κ2) is 13.3. The minimum Gasteiger partial charge on any atom is -0.369 e. The Hall–Kier alpha value is -3.35. The normalized spacial score (nSPS) is 19.3. The van der Waals surface area contributed by atoms with Crippen LogP contribution in [0.2, 0.25) is 0 Å². The first-order valence-electron chi connectivity index (χ1n) is 15.4. The smallest absolute Gasteiger partial charge is 0.256 e.